The predicted octanol–water partition coefficient (Wildman–Crippen LogP) is 2.35. The Morgan fingerprint density at radius 3 is 3.00 bits per heavy atom. The van der Waals surface area contributed by atoms with Gasteiger partial charge in [-0.2, -0.15) is 0 Å². The van der Waals surface area contributed by atoms with Crippen LogP contribution in [0.4, 0.5) is 0 Å². The molecule has 2 rings (SSSR count). The number of aryl methyl sites for hydroxylation is 2. The molecule has 0 aliphatic heterocycles. The van der Waals surface area contributed by atoms with Gasteiger partial charge in [-0.3, -0.25) is 9.20 Å². The summed E-state index contributed by atoms with van der Waals surface area (Å²) in [4.78, 5) is 16.5. The first-order chi connectivity index (χ1) is 7.74. The largest absolute Gasteiger partial charge is 0.269 e. The van der Waals surface area contributed by atoms with Crippen molar-refractivity contribution in [2.75, 3.05) is 0 Å². The minimum absolute atomic E-state index is 0.0714. The van der Waals surface area contributed by atoms with Crippen molar-refractivity contribution in [2.24, 2.45) is 0 Å². The Kier molecular flexibility index (Phi) is 3.04. The topological polar surface area (TPSA) is 34.4 Å². The van der Waals surface area contributed by atoms with Gasteiger partial charge in [-0.1, -0.05) is 19.4 Å². The molecule has 0 unspecified atom stereocenters. The van der Waals surface area contributed by atoms with Crippen molar-refractivity contribution in [1.82, 2.24) is 9.38 Å². The van der Waals surface area contributed by atoms with Gasteiger partial charge in [0.2, 0.25) is 0 Å². The molecule has 0 radical (unpaired) electrons. The number of pyridine rings is 1. The van der Waals surface area contributed by atoms with E-state index >= 15 is 0 Å². The van der Waals surface area contributed by atoms with E-state index in [1.54, 1.807) is 16.8 Å². The summed E-state index contributed by atoms with van der Waals surface area (Å²) >= 11 is 0. The van der Waals surface area contributed by atoms with Crippen molar-refractivity contribution < 1.29 is 0 Å². The van der Waals surface area contributed by atoms with Crippen LogP contribution in [-0.4, -0.2) is 9.38 Å². The van der Waals surface area contributed by atoms with Gasteiger partial charge in [0.05, 0.1) is 0 Å². The summed E-state index contributed by atoms with van der Waals surface area (Å²) in [6, 6.07) is 3.85. The summed E-state index contributed by atoms with van der Waals surface area (Å²) in [7, 11) is 0. The molecule has 0 saturated heterocycles. The minimum atomic E-state index is 0.0714. The van der Waals surface area contributed by atoms with E-state index in [9.17, 15) is 4.79 Å². The van der Waals surface area contributed by atoms with Gasteiger partial charge < -0.3 is 0 Å². The molecule has 2 aromatic rings. The molecule has 3 nitrogen and oxygen atoms in total. The quantitative estimate of drug-likeness (QED) is 0.789. The Hall–Kier alpha value is -1.64. The Bertz CT molecular complexity index is 557. The molecule has 2 heterocycles. The van der Waals surface area contributed by atoms with E-state index in [0.29, 0.717) is 0 Å². The highest BCUT2D eigenvalue weighted by Crippen LogP contribution is 2.06. The van der Waals surface area contributed by atoms with Crippen molar-refractivity contribution in [3.05, 3.63) is 46.0 Å². The average molecular weight is 216 g/mol. The Morgan fingerprint density at radius 1 is 1.44 bits per heavy atom. The van der Waals surface area contributed by atoms with E-state index in [1.807, 2.05) is 19.1 Å². The number of unbranched alkanes of at least 4 members (excludes halogenated alkanes) is 1. The van der Waals surface area contributed by atoms with E-state index in [0.717, 1.165) is 36.0 Å². The Balaban J connectivity index is 2.57. The maximum Gasteiger partial charge on any atom is 0.261 e. The lowest BCUT2D eigenvalue weighted by atomic mass is 10.1. The normalized spacial score (nSPS) is 10.9. The van der Waals surface area contributed by atoms with E-state index in [4.69, 9.17) is 0 Å². The molecule has 0 aliphatic rings. The predicted molar refractivity (Wildman–Crippen MR) is 64.8 cm³/mol. The lowest BCUT2D eigenvalue weighted by Crippen LogP contribution is -2.19. The third-order valence-electron chi connectivity index (χ3n) is 2.80. The van der Waals surface area contributed by atoms with E-state index in [-0.39, 0.29) is 5.56 Å². The van der Waals surface area contributed by atoms with Gasteiger partial charge >= 0.3 is 0 Å². The monoisotopic (exact) mass is 216 g/mol. The van der Waals surface area contributed by atoms with Crippen LogP contribution in [0.2, 0.25) is 0 Å². The first-order valence-corrected chi connectivity index (χ1v) is 5.70. The highest BCUT2D eigenvalue weighted by Gasteiger charge is 2.05. The maximum absolute atomic E-state index is 12.1. The molecule has 0 saturated carbocycles. The molecule has 0 aromatic carbocycles. The number of hydrogen-bond donors (Lipinski definition) is 0. The second kappa shape index (κ2) is 4.47. The second-order valence-corrected chi connectivity index (χ2v) is 4.08. The third kappa shape index (κ3) is 1.85. The van der Waals surface area contributed by atoms with Gasteiger partial charge in [-0.05, 0) is 31.4 Å². The highest BCUT2D eigenvalue weighted by atomic mass is 16.1. The van der Waals surface area contributed by atoms with Gasteiger partial charge in [-0.15, -0.1) is 0 Å². The molecule has 2 aromatic heterocycles. The first-order valence-electron chi connectivity index (χ1n) is 5.70. The Labute approximate surface area is 94.8 Å². The van der Waals surface area contributed by atoms with Crippen molar-refractivity contribution in [2.45, 2.75) is 33.1 Å². The summed E-state index contributed by atoms with van der Waals surface area (Å²) in [6.45, 7) is 4.09. The molecule has 0 spiro atoms. The highest BCUT2D eigenvalue weighted by molar-refractivity contribution is 5.46. The zero-order valence-electron chi connectivity index (χ0n) is 9.73. The molecule has 0 fully saturated rings. The summed E-state index contributed by atoms with van der Waals surface area (Å²) < 4.78 is 1.64. The van der Waals surface area contributed by atoms with Gasteiger partial charge in [0.15, 0.2) is 0 Å². The standard InChI is InChI=1S/C13H16N2O/c1-3-4-7-11-9-14-12-10(2)6-5-8-15(12)13(11)16/h5-6,8-9H,3-4,7H2,1-2H3. The zero-order valence-corrected chi connectivity index (χ0v) is 9.73. The van der Waals surface area contributed by atoms with E-state index < -0.39 is 0 Å². The van der Waals surface area contributed by atoms with Crippen LogP contribution in [-0.2, 0) is 6.42 Å². The lowest BCUT2D eigenvalue weighted by molar-refractivity contribution is 0.778. The number of aromatic nitrogens is 2. The van der Waals surface area contributed by atoms with E-state index in [2.05, 4.69) is 11.9 Å². The number of fused-ring (bicyclic) bond motifs is 1. The summed E-state index contributed by atoms with van der Waals surface area (Å²) in [5.41, 5.74) is 2.67. The van der Waals surface area contributed by atoms with Crippen LogP contribution in [0.5, 0.6) is 0 Å². The van der Waals surface area contributed by atoms with Gasteiger partial charge in [-0.25, -0.2) is 4.98 Å². The van der Waals surface area contributed by atoms with Crippen LogP contribution in [0, 0.1) is 6.92 Å². The van der Waals surface area contributed by atoms with Gasteiger partial charge in [0.25, 0.3) is 5.56 Å². The van der Waals surface area contributed by atoms with Crippen LogP contribution in [0.15, 0.2) is 29.3 Å². The number of rotatable bonds is 3. The molecule has 0 aliphatic carbocycles. The molecule has 84 valence electrons. The summed E-state index contributed by atoms with van der Waals surface area (Å²) in [6.07, 6.45) is 6.46. The molecule has 0 N–H and O–H groups in total. The summed E-state index contributed by atoms with van der Waals surface area (Å²) in [5, 5.41) is 0. The fourth-order valence-electron chi connectivity index (χ4n) is 1.82. The van der Waals surface area contributed by atoms with Gasteiger partial charge in [0, 0.05) is 18.0 Å². The van der Waals surface area contributed by atoms with Crippen molar-refractivity contribution >= 4 is 5.65 Å². The lowest BCUT2D eigenvalue weighted by Gasteiger charge is -2.05. The zero-order chi connectivity index (χ0) is 11.5. The van der Waals surface area contributed by atoms with Crippen LogP contribution in [0.3, 0.4) is 0 Å². The third-order valence-corrected chi connectivity index (χ3v) is 2.80. The molecule has 0 amide bonds. The maximum atomic E-state index is 12.1. The van der Waals surface area contributed by atoms with Crippen LogP contribution < -0.4 is 5.56 Å². The molecule has 0 atom stereocenters. The van der Waals surface area contributed by atoms with Crippen LogP contribution in [0.1, 0.15) is 30.9 Å². The fourth-order valence-corrected chi connectivity index (χ4v) is 1.82. The summed E-state index contributed by atoms with van der Waals surface area (Å²) in [5.74, 6) is 0. The van der Waals surface area contributed by atoms with Crippen molar-refractivity contribution in [1.29, 1.82) is 0 Å². The SMILES string of the molecule is CCCCc1cnc2c(C)cccn2c1=O. The van der Waals surface area contributed by atoms with Crippen molar-refractivity contribution in [3.63, 3.8) is 0 Å². The molecule has 16 heavy (non-hydrogen) atoms. The molecular formula is C13H16N2O. The first kappa shape index (κ1) is 10.9. The molecule has 3 heteroatoms. The van der Waals surface area contributed by atoms with E-state index in [1.165, 1.54) is 0 Å². The van der Waals surface area contributed by atoms with Crippen molar-refractivity contribution in [3.8, 4) is 0 Å². The fraction of sp³-hybridized carbons (Fsp3) is 0.385. The number of hydrogen-bond acceptors (Lipinski definition) is 2. The average Bonchev–Trinajstić information content (AvgIpc) is 2.29. The van der Waals surface area contributed by atoms with Gasteiger partial charge in [0.1, 0.15) is 5.65 Å². The Morgan fingerprint density at radius 2 is 2.25 bits per heavy atom. The molecular weight excluding hydrogens is 200 g/mol. The second-order valence-electron chi connectivity index (χ2n) is 4.08. The smallest absolute Gasteiger partial charge is 0.261 e. The number of nitrogens with zero attached hydrogens (tertiary/aromatic N) is 2. The van der Waals surface area contributed by atoms with Crippen LogP contribution in [0.25, 0.3) is 5.65 Å². The van der Waals surface area contributed by atoms with Crippen LogP contribution >= 0.6 is 0 Å². The minimum Gasteiger partial charge on any atom is -0.269 e. The molecule has 0 bridgehead atoms.